The zero-order valence-corrected chi connectivity index (χ0v) is 22.1. The summed E-state index contributed by atoms with van der Waals surface area (Å²) in [4.78, 5) is 0. The maximum atomic E-state index is 6.06. The summed E-state index contributed by atoms with van der Waals surface area (Å²) in [5.41, 5.74) is 2.49. The maximum absolute atomic E-state index is 6.06. The lowest BCUT2D eigenvalue weighted by Crippen LogP contribution is -2.41. The molecule has 2 aliphatic heterocycles. The first kappa shape index (κ1) is 24.9. The fraction of sp³-hybridized carbons (Fsp3) is 0.500. The van der Waals surface area contributed by atoms with Crippen LogP contribution in [0, 0.1) is 37.3 Å². The van der Waals surface area contributed by atoms with Crippen molar-refractivity contribution in [1.29, 1.82) is 0 Å². The molecular formula is C28H34B2O4. The lowest BCUT2D eigenvalue weighted by Gasteiger charge is -2.32. The van der Waals surface area contributed by atoms with Crippen LogP contribution in [0.4, 0.5) is 0 Å². The summed E-state index contributed by atoms with van der Waals surface area (Å²) in [5, 5.41) is 2.13. The zero-order valence-electron chi connectivity index (χ0n) is 22.1. The minimum absolute atomic E-state index is 0.409. The molecule has 2 aromatic carbocycles. The smallest absolute Gasteiger partial charge is 0.392 e. The second kappa shape index (κ2) is 8.18. The molecule has 0 unspecified atom stereocenters. The highest BCUT2D eigenvalue weighted by Crippen LogP contribution is 2.37. The van der Waals surface area contributed by atoms with Gasteiger partial charge in [0.1, 0.15) is 0 Å². The molecule has 0 amide bonds. The molecule has 2 saturated heterocycles. The molecule has 6 heteroatoms. The highest BCUT2D eigenvalue weighted by atomic mass is 16.7. The quantitative estimate of drug-likeness (QED) is 0.392. The van der Waals surface area contributed by atoms with Crippen LogP contribution in [0.15, 0.2) is 24.3 Å². The van der Waals surface area contributed by atoms with Crippen molar-refractivity contribution in [3.8, 4) is 23.5 Å². The molecular weight excluding hydrogens is 422 g/mol. The van der Waals surface area contributed by atoms with Gasteiger partial charge in [-0.1, -0.05) is 47.2 Å². The van der Waals surface area contributed by atoms with Crippen LogP contribution in [0.2, 0.25) is 0 Å². The van der Waals surface area contributed by atoms with Crippen LogP contribution in [0.5, 0.6) is 0 Å². The van der Waals surface area contributed by atoms with E-state index in [2.05, 4.69) is 61.6 Å². The van der Waals surface area contributed by atoms with Gasteiger partial charge >= 0.3 is 14.2 Å². The first-order chi connectivity index (χ1) is 15.6. The molecule has 0 bridgehead atoms. The Hall–Kier alpha value is -2.21. The molecule has 0 atom stereocenters. The van der Waals surface area contributed by atoms with Crippen molar-refractivity contribution in [2.24, 2.45) is 0 Å². The Bertz CT molecular complexity index is 1240. The van der Waals surface area contributed by atoms with Crippen molar-refractivity contribution < 1.29 is 18.6 Å². The van der Waals surface area contributed by atoms with E-state index in [4.69, 9.17) is 18.6 Å². The maximum Gasteiger partial charge on any atom is 0.551 e. The van der Waals surface area contributed by atoms with Gasteiger partial charge in [-0.2, -0.15) is 0 Å². The van der Waals surface area contributed by atoms with Crippen LogP contribution < -0.4 is 0 Å². The van der Waals surface area contributed by atoms with Crippen LogP contribution in [0.1, 0.15) is 77.6 Å². The summed E-state index contributed by atoms with van der Waals surface area (Å²) in [6.07, 6.45) is 0. The lowest BCUT2D eigenvalue weighted by atomic mass is 9.88. The molecule has 4 rings (SSSR count). The third-order valence-electron chi connectivity index (χ3n) is 7.64. The summed E-state index contributed by atoms with van der Waals surface area (Å²) in [6.45, 7) is 20.4. The number of rotatable bonds is 0. The van der Waals surface area contributed by atoms with E-state index in [-0.39, 0.29) is 0 Å². The Morgan fingerprint density at radius 1 is 0.618 bits per heavy atom. The third-order valence-corrected chi connectivity index (χ3v) is 7.64. The van der Waals surface area contributed by atoms with Crippen LogP contribution in [0.3, 0.4) is 0 Å². The minimum Gasteiger partial charge on any atom is -0.392 e. The van der Waals surface area contributed by atoms with Gasteiger partial charge in [-0.25, -0.2) is 0 Å². The minimum atomic E-state index is -0.562. The van der Waals surface area contributed by atoms with Crippen LogP contribution in [-0.4, -0.2) is 36.6 Å². The zero-order chi connectivity index (χ0) is 25.1. The monoisotopic (exact) mass is 456 g/mol. The number of hydrogen-bond acceptors (Lipinski definition) is 4. The normalized spacial score (nSPS) is 21.7. The molecule has 176 valence electrons. The molecule has 2 aromatic rings. The van der Waals surface area contributed by atoms with Crippen molar-refractivity contribution in [3.05, 3.63) is 46.5 Å². The SMILES string of the molecule is Cc1ccc2c(C#CB3OC(C)(C)C(C)(C)O3)c(C)cc(C#CB3OC(C)(C)C(C)(C)O3)c2c1. The van der Waals surface area contributed by atoms with E-state index < -0.39 is 36.6 Å². The molecule has 0 radical (unpaired) electrons. The predicted molar refractivity (Wildman–Crippen MR) is 139 cm³/mol. The summed E-state index contributed by atoms with van der Waals surface area (Å²) in [6, 6.07) is 8.47. The lowest BCUT2D eigenvalue weighted by molar-refractivity contribution is 0.00578. The summed E-state index contributed by atoms with van der Waals surface area (Å²) < 4.78 is 24.2. The van der Waals surface area contributed by atoms with Crippen LogP contribution >= 0.6 is 0 Å². The van der Waals surface area contributed by atoms with Gasteiger partial charge in [0.2, 0.25) is 0 Å². The fourth-order valence-corrected chi connectivity index (χ4v) is 4.02. The van der Waals surface area contributed by atoms with Crippen molar-refractivity contribution in [2.75, 3.05) is 0 Å². The molecule has 4 nitrogen and oxygen atoms in total. The molecule has 2 fully saturated rings. The van der Waals surface area contributed by atoms with Gasteiger partial charge in [0.25, 0.3) is 0 Å². The standard InChI is InChI=1S/C28H34B2O4/c1-19-11-12-23-22(14-16-30-33-27(7,8)28(9,10)34-30)20(2)18-21(24(23)17-19)13-15-29-31-25(3,4)26(5,6)32-29/h11-12,17-18H,1-10H3. The Morgan fingerprint density at radius 3 is 1.59 bits per heavy atom. The summed E-state index contributed by atoms with van der Waals surface area (Å²) >= 11 is 0. The fourth-order valence-electron chi connectivity index (χ4n) is 4.02. The molecule has 0 saturated carbocycles. The van der Waals surface area contributed by atoms with E-state index in [0.29, 0.717) is 0 Å². The van der Waals surface area contributed by atoms with Gasteiger partial charge in [-0.15, -0.1) is 0 Å². The Balaban J connectivity index is 1.72. The molecule has 2 aliphatic rings. The average molecular weight is 456 g/mol. The highest BCUT2D eigenvalue weighted by molar-refractivity contribution is 6.56. The van der Waals surface area contributed by atoms with E-state index >= 15 is 0 Å². The molecule has 0 aromatic heterocycles. The van der Waals surface area contributed by atoms with E-state index in [0.717, 1.165) is 27.5 Å². The third kappa shape index (κ3) is 4.41. The molecule has 0 aliphatic carbocycles. The van der Waals surface area contributed by atoms with E-state index in [1.54, 1.807) is 0 Å². The van der Waals surface area contributed by atoms with Crippen molar-refractivity contribution in [1.82, 2.24) is 0 Å². The number of aryl methyl sites for hydroxylation is 2. The highest BCUT2D eigenvalue weighted by Gasteiger charge is 2.51. The largest absolute Gasteiger partial charge is 0.551 e. The Morgan fingerprint density at radius 2 is 1.09 bits per heavy atom. The van der Waals surface area contributed by atoms with E-state index in [9.17, 15) is 0 Å². The van der Waals surface area contributed by atoms with Gasteiger partial charge in [-0.3, -0.25) is 0 Å². The second-order valence-corrected chi connectivity index (χ2v) is 11.4. The number of hydrogen-bond donors (Lipinski definition) is 0. The Kier molecular flexibility index (Phi) is 5.99. The van der Waals surface area contributed by atoms with Gasteiger partial charge in [0, 0.05) is 11.1 Å². The van der Waals surface area contributed by atoms with Crippen molar-refractivity contribution in [2.45, 2.75) is 91.6 Å². The topological polar surface area (TPSA) is 36.9 Å². The first-order valence-corrected chi connectivity index (χ1v) is 11.9. The van der Waals surface area contributed by atoms with E-state index in [1.165, 1.54) is 5.56 Å². The molecule has 34 heavy (non-hydrogen) atoms. The predicted octanol–water partition coefficient (Wildman–Crippen LogP) is 5.42. The van der Waals surface area contributed by atoms with Crippen LogP contribution in [0.25, 0.3) is 10.8 Å². The van der Waals surface area contributed by atoms with Gasteiger partial charge in [-0.05, 0) is 91.6 Å². The van der Waals surface area contributed by atoms with Crippen LogP contribution in [-0.2, 0) is 18.6 Å². The van der Waals surface area contributed by atoms with Gasteiger partial charge in [0.05, 0.1) is 22.4 Å². The molecule has 0 N–H and O–H groups in total. The molecule has 2 heterocycles. The summed E-state index contributed by atoms with van der Waals surface area (Å²) in [5.74, 6) is 13.1. The number of benzene rings is 2. The summed E-state index contributed by atoms with van der Waals surface area (Å²) in [7, 11) is -1.12. The van der Waals surface area contributed by atoms with Gasteiger partial charge < -0.3 is 18.6 Å². The van der Waals surface area contributed by atoms with E-state index in [1.807, 2.05) is 55.4 Å². The first-order valence-electron chi connectivity index (χ1n) is 11.9. The molecule has 0 spiro atoms. The average Bonchev–Trinajstić information content (AvgIpc) is 3.04. The number of fused-ring (bicyclic) bond motifs is 1. The van der Waals surface area contributed by atoms with Crippen molar-refractivity contribution in [3.63, 3.8) is 0 Å². The Labute approximate surface area is 205 Å². The second-order valence-electron chi connectivity index (χ2n) is 11.4. The van der Waals surface area contributed by atoms with Crippen molar-refractivity contribution >= 4 is 25.0 Å². The van der Waals surface area contributed by atoms with Gasteiger partial charge in [0.15, 0.2) is 0 Å².